The molecule has 0 radical (unpaired) electrons. The van der Waals surface area contributed by atoms with E-state index in [0.717, 1.165) is 11.1 Å². The van der Waals surface area contributed by atoms with Gasteiger partial charge in [-0.15, -0.1) is 11.3 Å². The molecule has 0 aliphatic rings. The van der Waals surface area contributed by atoms with Gasteiger partial charge in [0.05, 0.1) is 4.88 Å². The van der Waals surface area contributed by atoms with Crippen molar-refractivity contribution in [1.82, 2.24) is 10.2 Å². The number of nitrogens with zero attached hydrogens (tertiary/aromatic N) is 1. The second-order valence-electron chi connectivity index (χ2n) is 6.48. The van der Waals surface area contributed by atoms with E-state index in [1.54, 1.807) is 24.1 Å². The molecule has 1 atom stereocenters. The Morgan fingerprint density at radius 3 is 2.43 bits per heavy atom. The van der Waals surface area contributed by atoms with Crippen LogP contribution in [0.15, 0.2) is 72.1 Å². The molecule has 0 fully saturated rings. The quantitative estimate of drug-likeness (QED) is 0.625. The molecule has 0 spiro atoms. The Labute approximate surface area is 173 Å². The van der Waals surface area contributed by atoms with E-state index in [1.165, 1.54) is 11.3 Å². The van der Waals surface area contributed by atoms with Crippen molar-refractivity contribution in [3.63, 3.8) is 0 Å². The Bertz CT molecular complexity index is 929. The zero-order chi connectivity index (χ0) is 19.9. The molecule has 0 saturated carbocycles. The first-order chi connectivity index (χ1) is 13.5. The number of carbonyl (C=O) groups excluding carboxylic acids is 2. The largest absolute Gasteiger partial charge is 0.340 e. The van der Waals surface area contributed by atoms with Crippen LogP contribution in [0.4, 0.5) is 0 Å². The molecule has 4 nitrogen and oxygen atoms in total. The molecule has 0 aliphatic carbocycles. The van der Waals surface area contributed by atoms with Crippen molar-refractivity contribution in [2.75, 3.05) is 7.05 Å². The molecule has 0 saturated heterocycles. The fraction of sp³-hybridized carbons (Fsp3) is 0.182. The molecule has 2 amide bonds. The van der Waals surface area contributed by atoms with Gasteiger partial charge in [-0.3, -0.25) is 9.59 Å². The summed E-state index contributed by atoms with van der Waals surface area (Å²) in [6.07, 6.45) is 0.420. The summed E-state index contributed by atoms with van der Waals surface area (Å²) in [5, 5.41) is 5.35. The Morgan fingerprint density at radius 2 is 1.75 bits per heavy atom. The third kappa shape index (κ3) is 5.21. The topological polar surface area (TPSA) is 49.4 Å². The maximum absolute atomic E-state index is 13.1. The van der Waals surface area contributed by atoms with Crippen LogP contribution in [0.3, 0.4) is 0 Å². The van der Waals surface area contributed by atoms with Gasteiger partial charge in [-0.1, -0.05) is 66.2 Å². The molecule has 3 rings (SSSR count). The van der Waals surface area contributed by atoms with Gasteiger partial charge in [0.2, 0.25) is 5.91 Å². The molecule has 28 heavy (non-hydrogen) atoms. The molecule has 2 aromatic carbocycles. The second kappa shape index (κ2) is 9.53. The number of rotatable bonds is 7. The first-order valence-corrected chi connectivity index (χ1v) is 10.2. The number of hydrogen-bond donors (Lipinski definition) is 1. The molecule has 1 aromatic heterocycles. The number of halogens is 1. The number of thiophene rings is 1. The van der Waals surface area contributed by atoms with Crippen LogP contribution in [0.1, 0.15) is 20.8 Å². The van der Waals surface area contributed by atoms with Crippen LogP contribution in [0.5, 0.6) is 0 Å². The Balaban J connectivity index is 1.77. The summed E-state index contributed by atoms with van der Waals surface area (Å²) < 4.78 is 0. The monoisotopic (exact) mass is 412 g/mol. The van der Waals surface area contributed by atoms with E-state index in [-0.39, 0.29) is 11.8 Å². The van der Waals surface area contributed by atoms with Gasteiger partial charge in [-0.25, -0.2) is 0 Å². The minimum Gasteiger partial charge on any atom is -0.340 e. The normalized spacial score (nSPS) is 11.6. The summed E-state index contributed by atoms with van der Waals surface area (Å²) in [7, 11) is 1.72. The van der Waals surface area contributed by atoms with Gasteiger partial charge in [-0.2, -0.15) is 0 Å². The van der Waals surface area contributed by atoms with E-state index in [1.807, 2.05) is 60.0 Å². The van der Waals surface area contributed by atoms with E-state index >= 15 is 0 Å². The SMILES string of the molecule is CN(Cc1ccccc1Cl)C(=O)[C@@H](Cc1ccccc1)NC(=O)c1cccs1. The number of likely N-dealkylation sites (N-methyl/N-ethyl adjacent to an activating group) is 1. The molecule has 0 bridgehead atoms. The van der Waals surface area contributed by atoms with Crippen molar-refractivity contribution in [2.45, 2.75) is 19.0 Å². The standard InChI is InChI=1S/C22H21ClN2O2S/c1-25(15-17-10-5-6-11-18(17)23)22(27)19(14-16-8-3-2-4-9-16)24-21(26)20-12-7-13-28-20/h2-13,19H,14-15H2,1H3,(H,24,26)/t19-/m1/s1. The average molecular weight is 413 g/mol. The van der Waals surface area contributed by atoms with E-state index in [9.17, 15) is 9.59 Å². The van der Waals surface area contributed by atoms with Gasteiger partial charge in [0.15, 0.2) is 0 Å². The predicted molar refractivity (Wildman–Crippen MR) is 114 cm³/mol. The summed E-state index contributed by atoms with van der Waals surface area (Å²) >= 11 is 7.58. The van der Waals surface area contributed by atoms with Crippen LogP contribution in [-0.4, -0.2) is 29.8 Å². The van der Waals surface area contributed by atoms with Crippen molar-refractivity contribution in [3.05, 3.63) is 93.1 Å². The van der Waals surface area contributed by atoms with Crippen LogP contribution in [0, 0.1) is 0 Å². The van der Waals surface area contributed by atoms with Crippen molar-refractivity contribution < 1.29 is 9.59 Å². The fourth-order valence-corrected chi connectivity index (χ4v) is 3.74. The van der Waals surface area contributed by atoms with Crippen molar-refractivity contribution in [1.29, 1.82) is 0 Å². The summed E-state index contributed by atoms with van der Waals surface area (Å²) in [4.78, 5) is 27.9. The van der Waals surface area contributed by atoms with Gasteiger partial charge in [0, 0.05) is 25.0 Å². The molecule has 0 unspecified atom stereocenters. The highest BCUT2D eigenvalue weighted by atomic mass is 35.5. The first-order valence-electron chi connectivity index (χ1n) is 8.91. The van der Waals surface area contributed by atoms with E-state index in [4.69, 9.17) is 11.6 Å². The summed E-state index contributed by atoms with van der Waals surface area (Å²) in [6, 6.07) is 20.0. The van der Waals surface area contributed by atoms with Crippen molar-refractivity contribution in [2.24, 2.45) is 0 Å². The zero-order valence-electron chi connectivity index (χ0n) is 15.5. The summed E-state index contributed by atoms with van der Waals surface area (Å²) in [6.45, 7) is 0.374. The molecule has 3 aromatic rings. The van der Waals surface area contributed by atoms with E-state index < -0.39 is 6.04 Å². The highest BCUT2D eigenvalue weighted by molar-refractivity contribution is 7.12. The van der Waals surface area contributed by atoms with Crippen molar-refractivity contribution >= 4 is 34.8 Å². The van der Waals surface area contributed by atoms with Gasteiger partial charge in [0.1, 0.15) is 6.04 Å². The van der Waals surface area contributed by atoms with E-state index in [2.05, 4.69) is 5.32 Å². The second-order valence-corrected chi connectivity index (χ2v) is 7.83. The zero-order valence-corrected chi connectivity index (χ0v) is 17.0. The Hall–Kier alpha value is -2.63. The minimum absolute atomic E-state index is 0.159. The number of benzene rings is 2. The van der Waals surface area contributed by atoms with Gasteiger partial charge >= 0.3 is 0 Å². The van der Waals surface area contributed by atoms with Gasteiger partial charge in [0.25, 0.3) is 5.91 Å². The maximum Gasteiger partial charge on any atom is 0.262 e. The van der Waals surface area contributed by atoms with Crippen molar-refractivity contribution in [3.8, 4) is 0 Å². The smallest absolute Gasteiger partial charge is 0.262 e. The molecule has 6 heteroatoms. The fourth-order valence-electron chi connectivity index (χ4n) is 2.91. The van der Waals surface area contributed by atoms with Gasteiger partial charge in [-0.05, 0) is 28.6 Å². The number of carbonyl (C=O) groups is 2. The Kier molecular flexibility index (Phi) is 6.85. The molecular formula is C22H21ClN2O2S. The first kappa shape index (κ1) is 20.1. The van der Waals surface area contributed by atoms with Gasteiger partial charge < -0.3 is 10.2 Å². The van der Waals surface area contributed by atoms with Crippen LogP contribution >= 0.6 is 22.9 Å². The number of nitrogens with one attached hydrogen (secondary N) is 1. The predicted octanol–water partition coefficient (Wildman–Crippen LogP) is 4.40. The van der Waals surface area contributed by atoms with Crippen LogP contribution in [-0.2, 0) is 17.8 Å². The third-order valence-electron chi connectivity index (χ3n) is 4.37. The van der Waals surface area contributed by atoms with Crippen LogP contribution in [0.25, 0.3) is 0 Å². The lowest BCUT2D eigenvalue weighted by Gasteiger charge is -2.25. The highest BCUT2D eigenvalue weighted by Crippen LogP contribution is 2.17. The van der Waals surface area contributed by atoms with E-state index in [0.29, 0.717) is 22.9 Å². The molecule has 0 aliphatic heterocycles. The minimum atomic E-state index is -0.663. The summed E-state index contributed by atoms with van der Waals surface area (Å²) in [5.74, 6) is -0.399. The highest BCUT2D eigenvalue weighted by Gasteiger charge is 2.25. The lowest BCUT2D eigenvalue weighted by Crippen LogP contribution is -2.48. The molecule has 144 valence electrons. The maximum atomic E-state index is 13.1. The summed E-state index contributed by atoms with van der Waals surface area (Å²) in [5.41, 5.74) is 1.85. The number of amides is 2. The lowest BCUT2D eigenvalue weighted by atomic mass is 10.0. The lowest BCUT2D eigenvalue weighted by molar-refractivity contribution is -0.132. The molecule has 1 heterocycles. The third-order valence-corrected chi connectivity index (χ3v) is 5.61. The Morgan fingerprint density at radius 1 is 1.04 bits per heavy atom. The average Bonchev–Trinajstić information content (AvgIpc) is 3.24. The molecule has 1 N–H and O–H groups in total. The number of hydrogen-bond acceptors (Lipinski definition) is 3. The molecular weight excluding hydrogens is 392 g/mol. The van der Waals surface area contributed by atoms with Crippen LogP contribution < -0.4 is 5.32 Å². The van der Waals surface area contributed by atoms with Crippen LogP contribution in [0.2, 0.25) is 5.02 Å².